The molecule has 0 heterocycles. The molecule has 2 bridgehead atoms. The highest BCUT2D eigenvalue weighted by atomic mass is 14.5. The van der Waals surface area contributed by atoms with Gasteiger partial charge in [0.05, 0.1) is 0 Å². The molecule has 0 heteroatoms. The number of hydrogen-bond acceptors (Lipinski definition) is 0. The van der Waals surface area contributed by atoms with E-state index in [9.17, 15) is 0 Å². The first-order chi connectivity index (χ1) is 9.34. The van der Waals surface area contributed by atoms with E-state index in [4.69, 9.17) is 0 Å². The predicted octanol–water partition coefficient (Wildman–Crippen LogP) is 6.29. The van der Waals surface area contributed by atoms with Gasteiger partial charge in [0.2, 0.25) is 0 Å². The third kappa shape index (κ3) is 2.11. The van der Waals surface area contributed by atoms with Gasteiger partial charge in [0, 0.05) is 0 Å². The lowest BCUT2D eigenvalue weighted by Gasteiger charge is -2.52. The minimum atomic E-state index is 0.446. The Morgan fingerprint density at radius 2 is 1.80 bits per heavy atom. The third-order valence-corrected chi connectivity index (χ3v) is 7.22. The van der Waals surface area contributed by atoms with Gasteiger partial charge in [0.1, 0.15) is 0 Å². The zero-order chi connectivity index (χ0) is 14.5. The zero-order valence-corrected chi connectivity index (χ0v) is 14.2. The summed E-state index contributed by atoms with van der Waals surface area (Å²) in [6.07, 6.45) is 12.2. The maximum absolute atomic E-state index is 2.58. The number of fused-ring (bicyclic) bond motifs is 3. The Bertz CT molecular complexity index is 462. The Kier molecular flexibility index (Phi) is 3.42. The maximum Gasteiger partial charge on any atom is -0.0114 e. The molecule has 0 nitrogen and oxygen atoms in total. The Hall–Kier alpha value is -0.520. The van der Waals surface area contributed by atoms with Crippen molar-refractivity contribution in [3.63, 3.8) is 0 Å². The summed E-state index contributed by atoms with van der Waals surface area (Å²) in [6, 6.07) is 0. The summed E-state index contributed by atoms with van der Waals surface area (Å²) < 4.78 is 0. The quantitative estimate of drug-likeness (QED) is 0.455. The molecular formula is C20H32. The van der Waals surface area contributed by atoms with Crippen molar-refractivity contribution in [2.24, 2.45) is 22.7 Å². The highest BCUT2D eigenvalue weighted by Gasteiger charge is 2.46. The third-order valence-electron chi connectivity index (χ3n) is 7.22. The summed E-state index contributed by atoms with van der Waals surface area (Å²) in [5, 5.41) is 0. The van der Waals surface area contributed by atoms with Crippen molar-refractivity contribution in [3.05, 3.63) is 22.8 Å². The fourth-order valence-corrected chi connectivity index (χ4v) is 5.61. The van der Waals surface area contributed by atoms with Gasteiger partial charge in [0.25, 0.3) is 0 Å². The maximum atomic E-state index is 2.58. The van der Waals surface area contributed by atoms with E-state index < -0.39 is 0 Å². The summed E-state index contributed by atoms with van der Waals surface area (Å²) in [6.45, 7) is 12.4. The van der Waals surface area contributed by atoms with Crippen LogP contribution in [-0.2, 0) is 0 Å². The first kappa shape index (κ1) is 14.4. The van der Waals surface area contributed by atoms with Crippen LogP contribution in [0, 0.1) is 22.7 Å². The zero-order valence-electron chi connectivity index (χ0n) is 14.2. The summed E-state index contributed by atoms with van der Waals surface area (Å²) in [4.78, 5) is 0. The van der Waals surface area contributed by atoms with Gasteiger partial charge in [-0.15, -0.1) is 0 Å². The molecule has 20 heavy (non-hydrogen) atoms. The minimum absolute atomic E-state index is 0.446. The van der Waals surface area contributed by atoms with Gasteiger partial charge in [0.15, 0.2) is 0 Å². The number of hydrogen-bond donors (Lipinski definition) is 0. The van der Waals surface area contributed by atoms with Crippen LogP contribution >= 0.6 is 0 Å². The smallest absolute Gasteiger partial charge is 0.0114 e. The van der Waals surface area contributed by atoms with E-state index in [2.05, 4.69) is 40.7 Å². The first-order valence-electron chi connectivity index (χ1n) is 8.70. The molecule has 112 valence electrons. The minimum Gasteiger partial charge on any atom is -0.0853 e. The van der Waals surface area contributed by atoms with E-state index in [1.807, 2.05) is 5.57 Å². The standard InChI is InChI=1S/C20H32/c1-14-7-6-11-20(5)12-10-17-15(2)8-9-16(13-18(14)20)19(17,3)4/h7,16,18H,6,8-13H2,1-5H3/t16-,18+,20-/m1/s1. The molecule has 0 aromatic rings. The first-order valence-corrected chi connectivity index (χ1v) is 8.70. The second kappa shape index (κ2) is 4.75. The van der Waals surface area contributed by atoms with Crippen LogP contribution in [0.15, 0.2) is 22.8 Å². The van der Waals surface area contributed by atoms with Gasteiger partial charge in [-0.2, -0.15) is 0 Å². The molecule has 1 saturated carbocycles. The Labute approximate surface area is 125 Å². The molecule has 3 aliphatic carbocycles. The highest BCUT2D eigenvalue weighted by Crippen LogP contribution is 2.57. The van der Waals surface area contributed by atoms with Crippen molar-refractivity contribution in [1.82, 2.24) is 0 Å². The van der Waals surface area contributed by atoms with Crippen LogP contribution in [-0.4, -0.2) is 0 Å². The van der Waals surface area contributed by atoms with E-state index in [0.717, 1.165) is 11.8 Å². The normalized spacial score (nSPS) is 40.5. The molecule has 0 aromatic heterocycles. The molecule has 1 fully saturated rings. The van der Waals surface area contributed by atoms with Crippen LogP contribution in [0.3, 0.4) is 0 Å². The van der Waals surface area contributed by atoms with Crippen LogP contribution in [0.1, 0.15) is 79.6 Å². The van der Waals surface area contributed by atoms with Gasteiger partial charge in [-0.25, -0.2) is 0 Å². The van der Waals surface area contributed by atoms with Gasteiger partial charge >= 0.3 is 0 Å². The van der Waals surface area contributed by atoms with Gasteiger partial charge in [-0.1, -0.05) is 43.6 Å². The molecule has 0 amide bonds. The molecule has 0 radical (unpaired) electrons. The fraction of sp³-hybridized carbons (Fsp3) is 0.800. The van der Waals surface area contributed by atoms with Crippen LogP contribution in [0.4, 0.5) is 0 Å². The fourth-order valence-electron chi connectivity index (χ4n) is 5.61. The lowest BCUT2D eigenvalue weighted by Crippen LogP contribution is -2.41. The predicted molar refractivity (Wildman–Crippen MR) is 87.6 cm³/mol. The molecule has 0 spiro atoms. The average Bonchev–Trinajstić information content (AvgIpc) is 2.35. The number of rotatable bonds is 0. The lowest BCUT2D eigenvalue weighted by molar-refractivity contribution is 0.0802. The van der Waals surface area contributed by atoms with Crippen molar-refractivity contribution >= 4 is 0 Å². The van der Waals surface area contributed by atoms with Crippen molar-refractivity contribution in [2.45, 2.75) is 79.6 Å². The van der Waals surface area contributed by atoms with E-state index in [1.54, 1.807) is 11.1 Å². The van der Waals surface area contributed by atoms with Crippen molar-refractivity contribution in [3.8, 4) is 0 Å². The van der Waals surface area contributed by atoms with E-state index in [-0.39, 0.29) is 0 Å². The topological polar surface area (TPSA) is 0 Å². The van der Waals surface area contributed by atoms with Crippen LogP contribution in [0.2, 0.25) is 0 Å². The Morgan fingerprint density at radius 3 is 2.55 bits per heavy atom. The monoisotopic (exact) mass is 272 g/mol. The van der Waals surface area contributed by atoms with Crippen molar-refractivity contribution in [1.29, 1.82) is 0 Å². The molecular weight excluding hydrogens is 240 g/mol. The molecule has 0 aromatic carbocycles. The molecule has 0 N–H and O–H groups in total. The SMILES string of the molecule is CC1=CCC[C@]2(C)CCC3=C(C)CC[C@H](C[C@@H]12)C3(C)C. The van der Waals surface area contributed by atoms with E-state index in [0.29, 0.717) is 10.8 Å². The number of allylic oxidation sites excluding steroid dienone is 4. The van der Waals surface area contributed by atoms with Crippen LogP contribution < -0.4 is 0 Å². The Balaban J connectivity index is 2.01. The van der Waals surface area contributed by atoms with Crippen molar-refractivity contribution in [2.75, 3.05) is 0 Å². The van der Waals surface area contributed by atoms with E-state index in [1.165, 1.54) is 44.9 Å². The summed E-state index contributed by atoms with van der Waals surface area (Å²) in [7, 11) is 0. The Morgan fingerprint density at radius 1 is 1.05 bits per heavy atom. The lowest BCUT2D eigenvalue weighted by atomic mass is 9.53. The largest absolute Gasteiger partial charge is 0.0853 e. The molecule has 0 saturated heterocycles. The molecule has 0 aliphatic heterocycles. The summed E-state index contributed by atoms with van der Waals surface area (Å²) in [5.41, 5.74) is 6.25. The molecule has 3 aliphatic rings. The van der Waals surface area contributed by atoms with Gasteiger partial charge in [-0.3, -0.25) is 0 Å². The van der Waals surface area contributed by atoms with Crippen LogP contribution in [0.25, 0.3) is 0 Å². The van der Waals surface area contributed by atoms with Gasteiger partial charge in [-0.05, 0) is 81.5 Å². The molecule has 3 rings (SSSR count). The van der Waals surface area contributed by atoms with Crippen molar-refractivity contribution < 1.29 is 0 Å². The average molecular weight is 272 g/mol. The highest BCUT2D eigenvalue weighted by molar-refractivity contribution is 5.27. The second-order valence-electron chi connectivity index (χ2n) is 8.65. The summed E-state index contributed by atoms with van der Waals surface area (Å²) >= 11 is 0. The van der Waals surface area contributed by atoms with E-state index >= 15 is 0 Å². The van der Waals surface area contributed by atoms with Crippen LogP contribution in [0.5, 0.6) is 0 Å². The summed E-state index contributed by atoms with van der Waals surface area (Å²) in [5.74, 6) is 1.74. The second-order valence-corrected chi connectivity index (χ2v) is 8.65. The molecule has 0 unspecified atom stereocenters. The molecule has 3 atom stereocenters. The van der Waals surface area contributed by atoms with Gasteiger partial charge < -0.3 is 0 Å².